The molecule has 0 spiro atoms. The molecule has 0 unspecified atom stereocenters. The van der Waals surface area contributed by atoms with Crippen LogP contribution in [0.15, 0.2) is 48.5 Å². The van der Waals surface area contributed by atoms with E-state index in [0.717, 1.165) is 17.5 Å². The van der Waals surface area contributed by atoms with Gasteiger partial charge in [0.1, 0.15) is 11.8 Å². The molecule has 1 N–H and O–H groups in total. The highest BCUT2D eigenvalue weighted by Gasteiger charge is 2.28. The predicted molar refractivity (Wildman–Crippen MR) is 130 cm³/mol. The molecule has 2 aromatic carbocycles. The quantitative estimate of drug-likeness (QED) is 0.551. The number of amides is 2. The average molecular weight is 459 g/mol. The fraction of sp³-hybridized carbons (Fsp3) is 0.462. The van der Waals surface area contributed by atoms with E-state index in [1.54, 1.807) is 24.0 Å². The van der Waals surface area contributed by atoms with Crippen LogP contribution in [0.3, 0.4) is 0 Å². The molecule has 6 heteroatoms. The SMILES string of the molecule is CC[C@H](C)NC(=O)[C@H](C)N(Cc1cccc(Cl)c1)C(=O)COc1ccccc1C(C)(C)C. The van der Waals surface area contributed by atoms with Gasteiger partial charge in [0.25, 0.3) is 5.91 Å². The molecular formula is C26H35ClN2O3. The van der Waals surface area contributed by atoms with E-state index in [9.17, 15) is 9.59 Å². The van der Waals surface area contributed by atoms with Crippen LogP contribution in [0.1, 0.15) is 59.1 Å². The lowest BCUT2D eigenvalue weighted by atomic mass is 9.86. The van der Waals surface area contributed by atoms with Crippen LogP contribution in [-0.4, -0.2) is 35.4 Å². The minimum absolute atomic E-state index is 0.0305. The summed E-state index contributed by atoms with van der Waals surface area (Å²) in [7, 11) is 0. The van der Waals surface area contributed by atoms with Gasteiger partial charge in [-0.3, -0.25) is 9.59 Å². The number of halogens is 1. The standard InChI is InChI=1S/C26H35ClN2O3/c1-7-18(2)28-25(31)19(3)29(16-20-11-10-12-21(27)15-20)24(30)17-32-23-14-9-8-13-22(23)26(4,5)6/h8-15,18-19H,7,16-17H2,1-6H3,(H,28,31)/t18-,19-/m0/s1. The maximum Gasteiger partial charge on any atom is 0.261 e. The van der Waals surface area contributed by atoms with Crippen LogP contribution in [0.4, 0.5) is 0 Å². The molecule has 2 amide bonds. The van der Waals surface area contributed by atoms with Crippen molar-refractivity contribution in [3.05, 3.63) is 64.7 Å². The Morgan fingerprint density at radius 2 is 1.78 bits per heavy atom. The van der Waals surface area contributed by atoms with Crippen LogP contribution >= 0.6 is 11.6 Å². The fourth-order valence-corrected chi connectivity index (χ4v) is 3.53. The molecule has 0 bridgehead atoms. The molecule has 32 heavy (non-hydrogen) atoms. The van der Waals surface area contributed by atoms with Crippen molar-refractivity contribution in [1.82, 2.24) is 10.2 Å². The zero-order valence-electron chi connectivity index (χ0n) is 19.9. The van der Waals surface area contributed by atoms with Crippen LogP contribution in [0.5, 0.6) is 5.75 Å². The van der Waals surface area contributed by atoms with E-state index >= 15 is 0 Å². The molecule has 0 aromatic heterocycles. The summed E-state index contributed by atoms with van der Waals surface area (Å²) in [4.78, 5) is 27.6. The van der Waals surface area contributed by atoms with E-state index in [1.807, 2.05) is 50.2 Å². The lowest BCUT2D eigenvalue weighted by Gasteiger charge is -2.30. The molecule has 0 aliphatic carbocycles. The largest absolute Gasteiger partial charge is 0.483 e. The minimum atomic E-state index is -0.656. The molecule has 0 saturated heterocycles. The van der Waals surface area contributed by atoms with Crippen molar-refractivity contribution in [2.24, 2.45) is 0 Å². The van der Waals surface area contributed by atoms with Crippen molar-refractivity contribution in [3.63, 3.8) is 0 Å². The Morgan fingerprint density at radius 1 is 1.09 bits per heavy atom. The Balaban J connectivity index is 2.23. The summed E-state index contributed by atoms with van der Waals surface area (Å²) in [5.41, 5.74) is 1.75. The maximum absolute atomic E-state index is 13.3. The first-order valence-corrected chi connectivity index (χ1v) is 11.5. The number of hydrogen-bond donors (Lipinski definition) is 1. The third kappa shape index (κ3) is 7.27. The predicted octanol–water partition coefficient (Wildman–Crippen LogP) is 5.35. The van der Waals surface area contributed by atoms with Gasteiger partial charge in [-0.05, 0) is 55.0 Å². The molecule has 0 aliphatic heterocycles. The number of ether oxygens (including phenoxy) is 1. The van der Waals surface area contributed by atoms with E-state index in [-0.39, 0.29) is 36.4 Å². The topological polar surface area (TPSA) is 58.6 Å². The van der Waals surface area contributed by atoms with Gasteiger partial charge >= 0.3 is 0 Å². The zero-order chi connectivity index (χ0) is 23.9. The monoisotopic (exact) mass is 458 g/mol. The third-order valence-corrected chi connectivity index (χ3v) is 5.69. The second-order valence-corrected chi connectivity index (χ2v) is 9.62. The Kier molecular flexibility index (Phi) is 9.14. The maximum atomic E-state index is 13.3. The molecule has 2 rings (SSSR count). The summed E-state index contributed by atoms with van der Waals surface area (Å²) in [6.45, 7) is 12.1. The summed E-state index contributed by atoms with van der Waals surface area (Å²) >= 11 is 6.13. The van der Waals surface area contributed by atoms with Gasteiger partial charge in [-0.2, -0.15) is 0 Å². The van der Waals surface area contributed by atoms with Crippen molar-refractivity contribution in [3.8, 4) is 5.75 Å². The van der Waals surface area contributed by atoms with E-state index in [0.29, 0.717) is 10.8 Å². The number of carbonyl (C=O) groups is 2. The van der Waals surface area contributed by atoms with E-state index in [2.05, 4.69) is 26.1 Å². The smallest absolute Gasteiger partial charge is 0.261 e. The number of hydrogen-bond acceptors (Lipinski definition) is 3. The molecular weight excluding hydrogens is 424 g/mol. The van der Waals surface area contributed by atoms with E-state index in [4.69, 9.17) is 16.3 Å². The summed E-state index contributed by atoms with van der Waals surface area (Å²) in [6, 6.07) is 14.4. The van der Waals surface area contributed by atoms with Crippen LogP contribution in [0.2, 0.25) is 5.02 Å². The van der Waals surface area contributed by atoms with Crippen LogP contribution in [-0.2, 0) is 21.5 Å². The minimum Gasteiger partial charge on any atom is -0.483 e. The Hall–Kier alpha value is -2.53. The third-order valence-electron chi connectivity index (χ3n) is 5.46. The van der Waals surface area contributed by atoms with Crippen LogP contribution < -0.4 is 10.1 Å². The lowest BCUT2D eigenvalue weighted by molar-refractivity contribution is -0.142. The molecule has 0 saturated carbocycles. The van der Waals surface area contributed by atoms with E-state index in [1.165, 1.54) is 0 Å². The van der Waals surface area contributed by atoms with Gasteiger partial charge in [0.05, 0.1) is 0 Å². The van der Waals surface area contributed by atoms with Crippen molar-refractivity contribution < 1.29 is 14.3 Å². The Morgan fingerprint density at radius 3 is 2.41 bits per heavy atom. The zero-order valence-corrected chi connectivity index (χ0v) is 20.7. The number of carbonyl (C=O) groups excluding carboxylic acids is 2. The lowest BCUT2D eigenvalue weighted by Crippen LogP contribution is -2.50. The summed E-state index contributed by atoms with van der Waals surface area (Å²) in [6.07, 6.45) is 0.813. The van der Waals surface area contributed by atoms with Gasteiger partial charge in [-0.25, -0.2) is 0 Å². The van der Waals surface area contributed by atoms with Crippen LogP contribution in [0.25, 0.3) is 0 Å². The van der Waals surface area contributed by atoms with Gasteiger partial charge in [0, 0.05) is 17.6 Å². The second-order valence-electron chi connectivity index (χ2n) is 9.18. The summed E-state index contributed by atoms with van der Waals surface area (Å²) < 4.78 is 5.95. The van der Waals surface area contributed by atoms with Crippen molar-refractivity contribution >= 4 is 23.4 Å². The molecule has 174 valence electrons. The number of rotatable bonds is 9. The first kappa shape index (κ1) is 25.7. The highest BCUT2D eigenvalue weighted by Crippen LogP contribution is 2.31. The molecule has 0 fully saturated rings. The fourth-order valence-electron chi connectivity index (χ4n) is 3.31. The summed E-state index contributed by atoms with van der Waals surface area (Å²) in [5.74, 6) is 0.220. The normalized spacial score (nSPS) is 13.2. The van der Waals surface area contributed by atoms with Crippen molar-refractivity contribution in [1.29, 1.82) is 0 Å². The Bertz CT molecular complexity index is 923. The van der Waals surface area contributed by atoms with Gasteiger partial charge < -0.3 is 15.0 Å². The molecule has 0 heterocycles. The first-order chi connectivity index (χ1) is 15.0. The van der Waals surface area contributed by atoms with Crippen molar-refractivity contribution in [2.75, 3.05) is 6.61 Å². The molecule has 2 aromatic rings. The van der Waals surface area contributed by atoms with Gasteiger partial charge in [0.15, 0.2) is 6.61 Å². The Labute approximate surface area is 197 Å². The number of benzene rings is 2. The molecule has 2 atom stereocenters. The molecule has 5 nitrogen and oxygen atoms in total. The number of nitrogens with zero attached hydrogens (tertiary/aromatic N) is 1. The highest BCUT2D eigenvalue weighted by molar-refractivity contribution is 6.30. The first-order valence-electron chi connectivity index (χ1n) is 11.1. The number of nitrogens with one attached hydrogen (secondary N) is 1. The number of para-hydroxylation sites is 1. The van der Waals surface area contributed by atoms with Gasteiger partial charge in [-0.1, -0.05) is 69.6 Å². The van der Waals surface area contributed by atoms with Crippen molar-refractivity contribution in [2.45, 2.75) is 72.0 Å². The van der Waals surface area contributed by atoms with Crippen LogP contribution in [0, 0.1) is 0 Å². The van der Waals surface area contributed by atoms with Gasteiger partial charge in [0.2, 0.25) is 5.91 Å². The average Bonchev–Trinajstić information content (AvgIpc) is 2.74. The van der Waals surface area contributed by atoms with E-state index < -0.39 is 6.04 Å². The van der Waals surface area contributed by atoms with Gasteiger partial charge in [-0.15, -0.1) is 0 Å². The second kappa shape index (κ2) is 11.4. The molecule has 0 aliphatic rings. The molecule has 0 radical (unpaired) electrons. The highest BCUT2D eigenvalue weighted by atomic mass is 35.5. The summed E-state index contributed by atoms with van der Waals surface area (Å²) in [5, 5.41) is 3.55.